The maximum absolute atomic E-state index is 13.5. The summed E-state index contributed by atoms with van der Waals surface area (Å²) < 4.78 is 61.5. The highest BCUT2D eigenvalue weighted by molar-refractivity contribution is 5.78. The van der Waals surface area contributed by atoms with Gasteiger partial charge in [-0.25, -0.2) is 0 Å². The van der Waals surface area contributed by atoms with Gasteiger partial charge in [-0.15, -0.1) is 0 Å². The Balaban J connectivity index is 1.92. The van der Waals surface area contributed by atoms with Crippen LogP contribution in [0.3, 0.4) is 0 Å². The van der Waals surface area contributed by atoms with Gasteiger partial charge >= 0.3 is 6.18 Å². The third-order valence-corrected chi connectivity index (χ3v) is 4.68. The van der Waals surface area contributed by atoms with Crippen molar-refractivity contribution in [3.63, 3.8) is 0 Å². The fraction of sp³-hybridized carbons (Fsp3) is 0.381. The quantitative estimate of drug-likeness (QED) is 0.708. The van der Waals surface area contributed by atoms with Gasteiger partial charge in [0, 0.05) is 18.7 Å². The van der Waals surface area contributed by atoms with Crippen molar-refractivity contribution in [3.8, 4) is 28.4 Å². The third-order valence-electron chi connectivity index (χ3n) is 4.68. The number of nitrogens with zero attached hydrogens (tertiary/aromatic N) is 1. The number of hydrogen-bond donors (Lipinski definition) is 0. The Hall–Kier alpha value is -2.94. The van der Waals surface area contributed by atoms with Crippen LogP contribution in [-0.2, 0) is 15.7 Å². The summed E-state index contributed by atoms with van der Waals surface area (Å²) in [6, 6.07) is 8.16. The highest BCUT2D eigenvalue weighted by atomic mass is 19.4. The molecule has 30 heavy (non-hydrogen) atoms. The molecule has 2 aromatic carbocycles. The Morgan fingerprint density at radius 3 is 2.40 bits per heavy atom. The molecule has 0 radical (unpaired) electrons. The van der Waals surface area contributed by atoms with Gasteiger partial charge in [0.1, 0.15) is 17.2 Å². The summed E-state index contributed by atoms with van der Waals surface area (Å²) in [4.78, 5) is 13.8. The van der Waals surface area contributed by atoms with Crippen molar-refractivity contribution in [2.75, 3.05) is 47.1 Å². The second-order valence-electron chi connectivity index (χ2n) is 6.59. The Bertz CT molecular complexity index is 895. The Morgan fingerprint density at radius 2 is 1.77 bits per heavy atom. The van der Waals surface area contributed by atoms with Crippen LogP contribution in [0.15, 0.2) is 36.4 Å². The number of methoxy groups -OCH3 is 2. The van der Waals surface area contributed by atoms with E-state index in [1.165, 1.54) is 20.3 Å². The first kappa shape index (κ1) is 21.8. The first-order chi connectivity index (χ1) is 14.3. The number of halogens is 3. The van der Waals surface area contributed by atoms with Crippen molar-refractivity contribution in [1.29, 1.82) is 0 Å². The maximum Gasteiger partial charge on any atom is 0.416 e. The van der Waals surface area contributed by atoms with Crippen molar-refractivity contribution in [2.24, 2.45) is 0 Å². The van der Waals surface area contributed by atoms with Crippen molar-refractivity contribution in [2.45, 2.75) is 6.18 Å². The monoisotopic (exact) mass is 425 g/mol. The topological polar surface area (TPSA) is 57.2 Å². The van der Waals surface area contributed by atoms with Crippen LogP contribution in [0.5, 0.6) is 17.2 Å². The van der Waals surface area contributed by atoms with Gasteiger partial charge in [0.15, 0.2) is 6.61 Å². The van der Waals surface area contributed by atoms with Crippen LogP contribution in [0.4, 0.5) is 13.2 Å². The fourth-order valence-corrected chi connectivity index (χ4v) is 3.09. The van der Waals surface area contributed by atoms with Crippen LogP contribution in [0, 0.1) is 0 Å². The van der Waals surface area contributed by atoms with Gasteiger partial charge in [-0.05, 0) is 42.0 Å². The molecule has 9 heteroatoms. The molecule has 0 atom stereocenters. The number of rotatable bonds is 6. The van der Waals surface area contributed by atoms with Crippen molar-refractivity contribution >= 4 is 5.91 Å². The molecule has 0 aliphatic carbocycles. The molecule has 0 aromatic heterocycles. The summed E-state index contributed by atoms with van der Waals surface area (Å²) in [7, 11) is 2.89. The average Bonchev–Trinajstić information content (AvgIpc) is 2.76. The van der Waals surface area contributed by atoms with E-state index >= 15 is 0 Å². The number of morpholine rings is 1. The van der Waals surface area contributed by atoms with E-state index in [1.807, 2.05) is 0 Å². The smallest absolute Gasteiger partial charge is 0.416 e. The number of carbonyl (C=O) groups is 1. The third kappa shape index (κ3) is 5.15. The van der Waals surface area contributed by atoms with Crippen molar-refractivity contribution < 1.29 is 36.9 Å². The van der Waals surface area contributed by atoms with E-state index in [0.29, 0.717) is 43.4 Å². The average molecular weight is 425 g/mol. The number of amides is 1. The van der Waals surface area contributed by atoms with Gasteiger partial charge in [-0.2, -0.15) is 13.2 Å². The molecule has 1 amide bonds. The molecular weight excluding hydrogens is 403 g/mol. The lowest BCUT2D eigenvalue weighted by Gasteiger charge is -2.26. The minimum Gasteiger partial charge on any atom is -0.497 e. The van der Waals surface area contributed by atoms with Crippen LogP contribution in [-0.4, -0.2) is 57.9 Å². The van der Waals surface area contributed by atoms with Gasteiger partial charge < -0.3 is 23.8 Å². The molecule has 0 spiro atoms. The number of carbonyl (C=O) groups excluding carboxylic acids is 1. The van der Waals surface area contributed by atoms with Gasteiger partial charge in [0.25, 0.3) is 5.91 Å². The molecule has 0 bridgehead atoms. The molecule has 2 aromatic rings. The lowest BCUT2D eigenvalue weighted by Crippen LogP contribution is -2.42. The van der Waals surface area contributed by atoms with Gasteiger partial charge in [-0.1, -0.05) is 0 Å². The van der Waals surface area contributed by atoms with E-state index in [9.17, 15) is 18.0 Å². The summed E-state index contributed by atoms with van der Waals surface area (Å²) in [5.41, 5.74) is -0.250. The van der Waals surface area contributed by atoms with Crippen LogP contribution >= 0.6 is 0 Å². The molecule has 162 valence electrons. The Morgan fingerprint density at radius 1 is 1.03 bits per heavy atom. The highest BCUT2D eigenvalue weighted by Crippen LogP contribution is 2.39. The molecule has 1 heterocycles. The molecule has 6 nitrogen and oxygen atoms in total. The van der Waals surface area contributed by atoms with Crippen LogP contribution in [0.1, 0.15) is 5.56 Å². The van der Waals surface area contributed by atoms with E-state index in [0.717, 1.165) is 12.1 Å². The Labute approximate surface area is 172 Å². The van der Waals surface area contributed by atoms with Gasteiger partial charge in [0.05, 0.1) is 33.0 Å². The number of alkyl halides is 3. The normalized spacial score (nSPS) is 14.4. The van der Waals surface area contributed by atoms with Gasteiger partial charge in [0.2, 0.25) is 0 Å². The second kappa shape index (κ2) is 9.25. The summed E-state index contributed by atoms with van der Waals surface area (Å²) in [6.07, 6.45) is -4.59. The second-order valence-corrected chi connectivity index (χ2v) is 6.59. The fourth-order valence-electron chi connectivity index (χ4n) is 3.09. The van der Waals surface area contributed by atoms with E-state index in [2.05, 4.69) is 0 Å². The molecule has 0 unspecified atom stereocenters. The molecule has 0 N–H and O–H groups in total. The SMILES string of the molecule is COc1ccc(OC)c(-c2cc(OCC(=O)N3CCOCC3)cc(C(F)(F)F)c2)c1. The zero-order valence-corrected chi connectivity index (χ0v) is 16.6. The first-order valence-corrected chi connectivity index (χ1v) is 9.25. The zero-order chi connectivity index (χ0) is 21.7. The molecule has 0 saturated carbocycles. The van der Waals surface area contributed by atoms with Crippen molar-refractivity contribution in [3.05, 3.63) is 42.0 Å². The molecule has 1 fully saturated rings. The lowest BCUT2D eigenvalue weighted by molar-refractivity contribution is -0.137. The molecule has 1 aliphatic rings. The first-order valence-electron chi connectivity index (χ1n) is 9.25. The Kier molecular flexibility index (Phi) is 6.71. The minimum absolute atomic E-state index is 0.0636. The predicted molar refractivity (Wildman–Crippen MR) is 103 cm³/mol. The van der Waals surface area contributed by atoms with Crippen LogP contribution < -0.4 is 14.2 Å². The van der Waals surface area contributed by atoms with E-state index in [4.69, 9.17) is 18.9 Å². The van der Waals surface area contributed by atoms with Gasteiger partial charge in [-0.3, -0.25) is 4.79 Å². The van der Waals surface area contributed by atoms with Crippen LogP contribution in [0.2, 0.25) is 0 Å². The molecule has 1 aliphatic heterocycles. The standard InChI is InChI=1S/C21H22F3NO5/c1-27-16-3-4-19(28-2)18(12-16)14-9-15(21(22,23)24)11-17(10-14)30-13-20(26)25-5-7-29-8-6-25/h3-4,9-12H,5-8,13H2,1-2H3. The number of hydrogen-bond acceptors (Lipinski definition) is 5. The van der Waals surface area contributed by atoms with E-state index in [1.54, 1.807) is 23.1 Å². The molecular formula is C21H22F3NO5. The summed E-state index contributed by atoms with van der Waals surface area (Å²) in [5.74, 6) is 0.473. The maximum atomic E-state index is 13.5. The summed E-state index contributed by atoms with van der Waals surface area (Å²) >= 11 is 0. The molecule has 3 rings (SSSR count). The lowest BCUT2D eigenvalue weighted by atomic mass is 10.0. The minimum atomic E-state index is -4.59. The van der Waals surface area contributed by atoms with E-state index < -0.39 is 11.7 Å². The summed E-state index contributed by atoms with van der Waals surface area (Å²) in [5, 5.41) is 0. The zero-order valence-electron chi connectivity index (χ0n) is 16.6. The highest BCUT2D eigenvalue weighted by Gasteiger charge is 2.32. The van der Waals surface area contributed by atoms with E-state index in [-0.39, 0.29) is 23.8 Å². The van der Waals surface area contributed by atoms with Crippen LogP contribution in [0.25, 0.3) is 11.1 Å². The summed E-state index contributed by atoms with van der Waals surface area (Å²) in [6.45, 7) is 1.34. The number of benzene rings is 2. The predicted octanol–water partition coefficient (Wildman–Crippen LogP) is 3.63. The number of ether oxygens (including phenoxy) is 4. The largest absolute Gasteiger partial charge is 0.497 e. The van der Waals surface area contributed by atoms with Crippen molar-refractivity contribution in [1.82, 2.24) is 4.90 Å². The molecule has 1 saturated heterocycles.